The number of rotatable bonds is 2. The fourth-order valence-electron chi connectivity index (χ4n) is 4.16. The number of nitrogens with zero attached hydrogens (tertiary/aromatic N) is 5. The molecule has 7 nitrogen and oxygen atoms in total. The molecule has 0 radical (unpaired) electrons. The summed E-state index contributed by atoms with van der Waals surface area (Å²) in [5, 5.41) is 4.56. The van der Waals surface area contributed by atoms with Crippen LogP contribution in [0.2, 0.25) is 5.02 Å². The summed E-state index contributed by atoms with van der Waals surface area (Å²) in [4.78, 5) is 34.8. The maximum Gasteiger partial charge on any atom is 0.269 e. The molecular weight excluding hydrogens is 398 g/mol. The van der Waals surface area contributed by atoms with Gasteiger partial charge in [0, 0.05) is 41.6 Å². The quantitative estimate of drug-likeness (QED) is 0.647. The van der Waals surface area contributed by atoms with E-state index < -0.39 is 5.66 Å². The molecule has 2 amide bonds. The smallest absolute Gasteiger partial charge is 0.269 e. The Kier molecular flexibility index (Phi) is 3.75. The molecule has 2 aliphatic rings. The van der Waals surface area contributed by atoms with Crippen LogP contribution in [0.15, 0.2) is 42.7 Å². The van der Waals surface area contributed by atoms with Gasteiger partial charge in [0.1, 0.15) is 4.88 Å². The molecule has 1 atom stereocenters. The van der Waals surface area contributed by atoms with Crippen LogP contribution in [-0.2, 0) is 5.66 Å². The number of amides is 2. The molecule has 140 valence electrons. The van der Waals surface area contributed by atoms with Crippen LogP contribution in [0, 0.1) is 6.92 Å². The molecule has 1 fully saturated rings. The lowest BCUT2D eigenvalue weighted by molar-refractivity contribution is 0.0377. The lowest BCUT2D eigenvalue weighted by Gasteiger charge is -2.40. The molecule has 2 aliphatic heterocycles. The van der Waals surface area contributed by atoms with E-state index in [1.165, 1.54) is 0 Å². The summed E-state index contributed by atoms with van der Waals surface area (Å²) in [6.07, 6.45) is 3.27. The Bertz CT molecular complexity index is 1120. The molecule has 0 aliphatic carbocycles. The molecule has 0 bridgehead atoms. The van der Waals surface area contributed by atoms with Crippen molar-refractivity contribution in [3.63, 3.8) is 0 Å². The molecule has 0 saturated carbocycles. The maximum atomic E-state index is 13.5. The molecule has 2 aromatic heterocycles. The van der Waals surface area contributed by atoms with Gasteiger partial charge in [0.05, 0.1) is 11.3 Å². The lowest BCUT2D eigenvalue weighted by Crippen LogP contribution is -2.51. The normalized spacial score (nSPS) is 20.4. The van der Waals surface area contributed by atoms with Crippen LogP contribution in [-0.4, -0.2) is 49.3 Å². The summed E-state index contributed by atoms with van der Waals surface area (Å²) in [6.45, 7) is 2.58. The average molecular weight is 412 g/mol. The van der Waals surface area contributed by atoms with Gasteiger partial charge in [-0.3, -0.25) is 14.6 Å². The Labute approximate surface area is 169 Å². The Morgan fingerprint density at radius 2 is 2.00 bits per heavy atom. The number of aryl methyl sites for hydroxylation is 1. The number of carbonyl (C=O) groups excluding carboxylic acids is 2. The number of pyridine rings is 1. The predicted octanol–water partition coefficient (Wildman–Crippen LogP) is 2.71. The Balaban J connectivity index is 1.77. The van der Waals surface area contributed by atoms with E-state index in [-0.39, 0.29) is 11.8 Å². The summed E-state index contributed by atoms with van der Waals surface area (Å²) in [5.41, 5.74) is 1.57. The number of fused-ring (bicyclic) bond motifs is 3. The summed E-state index contributed by atoms with van der Waals surface area (Å²) < 4.78 is 3.90. The molecule has 5 rings (SSSR count). The van der Waals surface area contributed by atoms with Crippen molar-refractivity contribution in [2.45, 2.75) is 12.6 Å². The molecule has 0 spiro atoms. The third-order valence-electron chi connectivity index (χ3n) is 5.34. The van der Waals surface area contributed by atoms with E-state index in [9.17, 15) is 9.59 Å². The van der Waals surface area contributed by atoms with Gasteiger partial charge in [0.15, 0.2) is 5.66 Å². The third-order valence-corrected chi connectivity index (χ3v) is 6.41. The first kappa shape index (κ1) is 17.3. The van der Waals surface area contributed by atoms with E-state index in [2.05, 4.69) is 14.6 Å². The highest BCUT2D eigenvalue weighted by Gasteiger charge is 2.60. The third kappa shape index (κ3) is 2.12. The minimum absolute atomic E-state index is 0.109. The van der Waals surface area contributed by atoms with E-state index in [0.717, 1.165) is 17.1 Å². The predicted molar refractivity (Wildman–Crippen MR) is 103 cm³/mol. The monoisotopic (exact) mass is 411 g/mol. The number of hydrogen-bond acceptors (Lipinski definition) is 6. The second-order valence-electron chi connectivity index (χ2n) is 6.70. The molecular formula is C19H14ClN5O2S. The second kappa shape index (κ2) is 6.08. The van der Waals surface area contributed by atoms with Crippen molar-refractivity contribution in [3.8, 4) is 0 Å². The zero-order chi connectivity index (χ0) is 19.5. The molecule has 9 heteroatoms. The van der Waals surface area contributed by atoms with Crippen molar-refractivity contribution in [2.75, 3.05) is 13.1 Å². The van der Waals surface area contributed by atoms with E-state index in [4.69, 9.17) is 11.6 Å². The minimum Gasteiger partial charge on any atom is -0.306 e. The van der Waals surface area contributed by atoms with E-state index in [1.54, 1.807) is 47.3 Å². The van der Waals surface area contributed by atoms with Crippen LogP contribution >= 0.6 is 23.1 Å². The van der Waals surface area contributed by atoms with Crippen molar-refractivity contribution < 1.29 is 9.59 Å². The SMILES string of the molecule is Cc1nnsc1C(=O)N1CCN2C(=O)c3ccncc3C21c1ccc(Cl)cc1. The fraction of sp³-hybridized carbons (Fsp3) is 0.211. The first-order valence-corrected chi connectivity index (χ1v) is 9.83. The van der Waals surface area contributed by atoms with Gasteiger partial charge in [0.25, 0.3) is 11.8 Å². The minimum atomic E-state index is -1.06. The summed E-state index contributed by atoms with van der Waals surface area (Å²) >= 11 is 7.17. The molecule has 3 aromatic rings. The summed E-state index contributed by atoms with van der Waals surface area (Å²) in [6, 6.07) is 8.95. The van der Waals surface area contributed by atoms with Gasteiger partial charge >= 0.3 is 0 Å². The Hall–Kier alpha value is -2.84. The van der Waals surface area contributed by atoms with Gasteiger partial charge in [-0.25, -0.2) is 0 Å². The number of benzene rings is 1. The molecule has 1 aromatic carbocycles. The van der Waals surface area contributed by atoms with Crippen molar-refractivity contribution >= 4 is 34.9 Å². The van der Waals surface area contributed by atoms with Gasteiger partial charge in [-0.15, -0.1) is 5.10 Å². The second-order valence-corrected chi connectivity index (χ2v) is 7.89. The van der Waals surface area contributed by atoms with Crippen LogP contribution in [0.1, 0.15) is 36.9 Å². The largest absolute Gasteiger partial charge is 0.306 e. The van der Waals surface area contributed by atoms with Crippen LogP contribution in [0.4, 0.5) is 0 Å². The zero-order valence-electron chi connectivity index (χ0n) is 14.8. The number of halogens is 1. The number of aromatic nitrogens is 3. The molecule has 1 unspecified atom stereocenters. The Morgan fingerprint density at radius 1 is 1.21 bits per heavy atom. The van der Waals surface area contributed by atoms with Gasteiger partial charge < -0.3 is 9.80 Å². The lowest BCUT2D eigenvalue weighted by atomic mass is 9.91. The molecule has 4 heterocycles. The molecule has 0 N–H and O–H groups in total. The highest BCUT2D eigenvalue weighted by molar-refractivity contribution is 7.08. The van der Waals surface area contributed by atoms with E-state index in [0.29, 0.717) is 39.8 Å². The van der Waals surface area contributed by atoms with Crippen LogP contribution < -0.4 is 0 Å². The van der Waals surface area contributed by atoms with Crippen molar-refractivity contribution in [3.05, 3.63) is 75.0 Å². The number of hydrogen-bond donors (Lipinski definition) is 0. The number of carbonyl (C=O) groups is 2. The topological polar surface area (TPSA) is 79.3 Å². The fourth-order valence-corrected chi connectivity index (χ4v) is 4.89. The van der Waals surface area contributed by atoms with Crippen molar-refractivity contribution in [2.24, 2.45) is 0 Å². The first-order chi connectivity index (χ1) is 13.5. The maximum absolute atomic E-state index is 13.5. The van der Waals surface area contributed by atoms with Crippen LogP contribution in [0.25, 0.3) is 0 Å². The molecule has 1 saturated heterocycles. The zero-order valence-corrected chi connectivity index (χ0v) is 16.4. The highest BCUT2D eigenvalue weighted by Crippen LogP contribution is 2.50. The summed E-state index contributed by atoms with van der Waals surface area (Å²) in [5.74, 6) is -0.309. The standard InChI is InChI=1S/C19H14ClN5O2S/c1-11-16(28-23-22-11)18(27)25-9-8-24-17(26)14-6-7-21-10-15(14)19(24,25)12-2-4-13(20)5-3-12/h2-7,10H,8-9H2,1H3. The van der Waals surface area contributed by atoms with Crippen LogP contribution in [0.5, 0.6) is 0 Å². The van der Waals surface area contributed by atoms with Gasteiger partial charge in [-0.05, 0) is 36.7 Å². The van der Waals surface area contributed by atoms with Gasteiger partial charge in [0.2, 0.25) is 0 Å². The Morgan fingerprint density at radius 3 is 2.71 bits per heavy atom. The van der Waals surface area contributed by atoms with Crippen LogP contribution in [0.3, 0.4) is 0 Å². The summed E-state index contributed by atoms with van der Waals surface area (Å²) in [7, 11) is 0. The van der Waals surface area contributed by atoms with E-state index in [1.807, 2.05) is 12.1 Å². The van der Waals surface area contributed by atoms with Crippen molar-refractivity contribution in [1.82, 2.24) is 24.4 Å². The van der Waals surface area contributed by atoms with Gasteiger partial charge in [-0.2, -0.15) is 0 Å². The molecule has 28 heavy (non-hydrogen) atoms. The van der Waals surface area contributed by atoms with Gasteiger partial charge in [-0.1, -0.05) is 28.2 Å². The highest BCUT2D eigenvalue weighted by atomic mass is 35.5. The first-order valence-electron chi connectivity index (χ1n) is 8.68. The van der Waals surface area contributed by atoms with E-state index >= 15 is 0 Å². The average Bonchev–Trinajstić information content (AvgIpc) is 3.37. The van der Waals surface area contributed by atoms with Crippen molar-refractivity contribution in [1.29, 1.82) is 0 Å².